The smallest absolute Gasteiger partial charge is 0.251 e. The zero-order chi connectivity index (χ0) is 27.0. The lowest BCUT2D eigenvalue weighted by atomic mass is 9.87. The van der Waals surface area contributed by atoms with E-state index in [4.69, 9.17) is 9.47 Å². The summed E-state index contributed by atoms with van der Waals surface area (Å²) in [5.74, 6) is 1.68. The van der Waals surface area contributed by atoms with Crippen molar-refractivity contribution in [3.8, 4) is 22.6 Å². The second-order valence-electron chi connectivity index (χ2n) is 11.1. The standard InChI is InChI=1S/C33H36N2O4.H2/c1-3-35-16-4-5-27(35)20-34-32(37)25-10-8-24(9-11-25)28-17-23(7-6-22(28)2)18-31(36)33(14-15-33)26-12-13-29-30(19-26)39-21-38-29;/h6-13,17,19,27H,3-5,14-16,18,20-21H2,1-2H3,(H,34,37);1H. The summed E-state index contributed by atoms with van der Waals surface area (Å²) in [7, 11) is 0. The lowest BCUT2D eigenvalue weighted by Crippen LogP contribution is -2.40. The number of ketones is 1. The highest BCUT2D eigenvalue weighted by Crippen LogP contribution is 2.51. The molecule has 1 saturated heterocycles. The van der Waals surface area contributed by atoms with Crippen LogP contribution in [0.5, 0.6) is 11.5 Å². The maximum Gasteiger partial charge on any atom is 0.251 e. The fraction of sp³-hybridized carbons (Fsp3) is 0.394. The number of ether oxygens (including phenoxy) is 2. The molecule has 6 rings (SSSR count). The van der Waals surface area contributed by atoms with Gasteiger partial charge in [0.25, 0.3) is 5.91 Å². The van der Waals surface area contributed by atoms with Gasteiger partial charge in [0.05, 0.1) is 5.41 Å². The van der Waals surface area contributed by atoms with E-state index in [2.05, 4.69) is 42.3 Å². The second-order valence-corrected chi connectivity index (χ2v) is 11.1. The van der Waals surface area contributed by atoms with Gasteiger partial charge in [0, 0.05) is 26.0 Å². The Hall–Kier alpha value is -3.64. The van der Waals surface area contributed by atoms with Gasteiger partial charge in [-0.2, -0.15) is 0 Å². The summed E-state index contributed by atoms with van der Waals surface area (Å²) in [5.41, 5.74) is 5.55. The maximum atomic E-state index is 13.5. The lowest BCUT2D eigenvalue weighted by molar-refractivity contribution is -0.120. The van der Waals surface area contributed by atoms with Crippen LogP contribution in [0.3, 0.4) is 0 Å². The molecule has 6 heteroatoms. The van der Waals surface area contributed by atoms with Crippen molar-refractivity contribution in [1.82, 2.24) is 10.2 Å². The highest BCUT2D eigenvalue weighted by atomic mass is 16.7. The van der Waals surface area contributed by atoms with Crippen LogP contribution in [-0.4, -0.2) is 49.1 Å². The van der Waals surface area contributed by atoms with Crippen molar-refractivity contribution >= 4 is 11.7 Å². The first-order valence-corrected chi connectivity index (χ1v) is 14.1. The molecule has 0 radical (unpaired) electrons. The van der Waals surface area contributed by atoms with Crippen molar-refractivity contribution in [2.45, 2.75) is 57.4 Å². The number of benzene rings is 3. The highest BCUT2D eigenvalue weighted by molar-refractivity contribution is 5.96. The van der Waals surface area contributed by atoms with Gasteiger partial charge in [0.1, 0.15) is 5.78 Å². The molecule has 39 heavy (non-hydrogen) atoms. The van der Waals surface area contributed by atoms with Crippen molar-refractivity contribution in [2.75, 3.05) is 26.4 Å². The maximum absolute atomic E-state index is 13.5. The molecule has 1 unspecified atom stereocenters. The first-order valence-electron chi connectivity index (χ1n) is 14.1. The normalized spacial score (nSPS) is 19.2. The Morgan fingerprint density at radius 3 is 2.59 bits per heavy atom. The van der Waals surface area contributed by atoms with Crippen LogP contribution in [-0.2, 0) is 16.6 Å². The third kappa shape index (κ3) is 5.06. The van der Waals surface area contributed by atoms with Crippen LogP contribution in [0.4, 0.5) is 0 Å². The zero-order valence-corrected chi connectivity index (χ0v) is 22.8. The van der Waals surface area contributed by atoms with E-state index in [0.29, 0.717) is 24.6 Å². The summed E-state index contributed by atoms with van der Waals surface area (Å²) >= 11 is 0. The minimum atomic E-state index is -0.423. The number of hydrogen-bond donors (Lipinski definition) is 1. The van der Waals surface area contributed by atoms with Crippen LogP contribution in [0.25, 0.3) is 11.1 Å². The number of fused-ring (bicyclic) bond motifs is 1. The van der Waals surface area contributed by atoms with Crippen molar-refractivity contribution < 1.29 is 20.5 Å². The van der Waals surface area contributed by atoms with E-state index in [0.717, 1.165) is 71.7 Å². The predicted octanol–water partition coefficient (Wildman–Crippen LogP) is 5.69. The van der Waals surface area contributed by atoms with Crippen LogP contribution in [0.1, 0.15) is 61.1 Å². The Morgan fingerprint density at radius 2 is 1.82 bits per heavy atom. The summed E-state index contributed by atoms with van der Waals surface area (Å²) in [4.78, 5) is 28.7. The fourth-order valence-corrected chi connectivity index (χ4v) is 6.15. The molecular formula is C33H38N2O4. The van der Waals surface area contributed by atoms with Gasteiger partial charge < -0.3 is 14.8 Å². The predicted molar refractivity (Wildman–Crippen MR) is 154 cm³/mol. The van der Waals surface area contributed by atoms with E-state index in [1.165, 1.54) is 6.42 Å². The van der Waals surface area contributed by atoms with Gasteiger partial charge in [-0.15, -0.1) is 0 Å². The lowest BCUT2D eigenvalue weighted by Gasteiger charge is -2.22. The quantitative estimate of drug-likeness (QED) is 0.388. The molecule has 1 aliphatic carbocycles. The van der Waals surface area contributed by atoms with Gasteiger partial charge >= 0.3 is 0 Å². The molecule has 6 nitrogen and oxygen atoms in total. The molecule has 3 aromatic rings. The fourth-order valence-electron chi connectivity index (χ4n) is 6.15. The monoisotopic (exact) mass is 526 g/mol. The summed E-state index contributed by atoms with van der Waals surface area (Å²) < 4.78 is 11.0. The van der Waals surface area contributed by atoms with Gasteiger partial charge in [-0.25, -0.2) is 0 Å². The third-order valence-electron chi connectivity index (χ3n) is 8.74. The van der Waals surface area contributed by atoms with E-state index in [-0.39, 0.29) is 19.9 Å². The summed E-state index contributed by atoms with van der Waals surface area (Å²) in [6.45, 7) is 7.33. The van der Waals surface area contributed by atoms with Crippen molar-refractivity contribution in [3.63, 3.8) is 0 Å². The van der Waals surface area contributed by atoms with Crippen LogP contribution in [0.2, 0.25) is 0 Å². The van der Waals surface area contributed by atoms with E-state index < -0.39 is 5.41 Å². The van der Waals surface area contributed by atoms with E-state index in [9.17, 15) is 9.59 Å². The number of Topliss-reactive ketones (excluding diaryl/α,β-unsaturated/α-hetero) is 1. The molecule has 0 bridgehead atoms. The van der Waals surface area contributed by atoms with Crippen molar-refractivity contribution in [2.24, 2.45) is 0 Å². The SMILES string of the molecule is CCN1CCCC1CNC(=O)c1ccc(-c2cc(CC(=O)C3(c4ccc5c(c4)OCO5)CC3)ccc2C)cc1.[HH]. The van der Waals surface area contributed by atoms with Gasteiger partial charge in [0.2, 0.25) is 6.79 Å². The molecule has 2 fully saturated rings. The van der Waals surface area contributed by atoms with Crippen molar-refractivity contribution in [3.05, 3.63) is 82.9 Å². The van der Waals surface area contributed by atoms with Crippen molar-refractivity contribution in [1.29, 1.82) is 0 Å². The number of carbonyl (C=O) groups excluding carboxylic acids is 2. The molecule has 3 aliphatic rings. The van der Waals surface area contributed by atoms with Gasteiger partial charge in [-0.05, 0) is 97.8 Å². The average molecular weight is 527 g/mol. The Bertz CT molecular complexity index is 1400. The first-order chi connectivity index (χ1) is 19.0. The van der Waals surface area contributed by atoms with E-state index in [1.807, 2.05) is 42.5 Å². The number of hydrogen-bond acceptors (Lipinski definition) is 5. The minimum Gasteiger partial charge on any atom is -0.454 e. The molecule has 3 aromatic carbocycles. The molecule has 1 N–H and O–H groups in total. The number of amides is 1. The summed E-state index contributed by atoms with van der Waals surface area (Å²) in [6.07, 6.45) is 4.46. The summed E-state index contributed by atoms with van der Waals surface area (Å²) in [5, 5.41) is 3.12. The Balaban J connectivity index is 0.00000323. The number of nitrogens with zero attached hydrogens (tertiary/aromatic N) is 1. The van der Waals surface area contributed by atoms with E-state index in [1.54, 1.807) is 0 Å². The highest BCUT2D eigenvalue weighted by Gasteiger charge is 2.50. The molecule has 1 atom stereocenters. The summed E-state index contributed by atoms with van der Waals surface area (Å²) in [6, 6.07) is 20.4. The molecule has 204 valence electrons. The number of nitrogens with one attached hydrogen (secondary N) is 1. The largest absolute Gasteiger partial charge is 0.454 e. The molecule has 2 heterocycles. The zero-order valence-electron chi connectivity index (χ0n) is 22.8. The molecule has 0 aromatic heterocycles. The number of carbonyl (C=O) groups is 2. The van der Waals surface area contributed by atoms with Crippen LogP contribution >= 0.6 is 0 Å². The number of rotatable bonds is 9. The minimum absolute atomic E-state index is 0. The molecular weight excluding hydrogens is 488 g/mol. The molecule has 1 saturated carbocycles. The number of likely N-dealkylation sites (tertiary alicyclic amines) is 1. The average Bonchev–Trinajstić information content (AvgIpc) is 3.42. The third-order valence-corrected chi connectivity index (χ3v) is 8.74. The Labute approximate surface area is 231 Å². The molecule has 0 spiro atoms. The van der Waals surface area contributed by atoms with Crippen LogP contribution in [0.15, 0.2) is 60.7 Å². The van der Waals surface area contributed by atoms with E-state index >= 15 is 0 Å². The topological polar surface area (TPSA) is 67.9 Å². The Morgan fingerprint density at radius 1 is 1.03 bits per heavy atom. The Kier molecular flexibility index (Phi) is 6.90. The van der Waals surface area contributed by atoms with Gasteiger partial charge in [-0.3, -0.25) is 14.5 Å². The number of likely N-dealkylation sites (N-methyl/N-ethyl adjacent to an activating group) is 1. The molecule has 2 aliphatic heterocycles. The van der Waals surface area contributed by atoms with Crippen LogP contribution < -0.4 is 14.8 Å². The van der Waals surface area contributed by atoms with Crippen LogP contribution in [0, 0.1) is 6.92 Å². The number of aryl methyl sites for hydroxylation is 1. The van der Waals surface area contributed by atoms with Gasteiger partial charge in [-0.1, -0.05) is 43.3 Å². The second kappa shape index (κ2) is 10.5. The van der Waals surface area contributed by atoms with Gasteiger partial charge in [0.15, 0.2) is 11.5 Å². The first kappa shape index (κ1) is 25.6. The molecule has 1 amide bonds.